The SMILES string of the molecule is Cc1cc(F)ccc1CNC1CCN(Cc2ccccc2)CC1. The number of rotatable bonds is 5. The lowest BCUT2D eigenvalue weighted by Gasteiger charge is -2.32. The zero-order valence-electron chi connectivity index (χ0n) is 13.8. The molecule has 1 aliphatic rings. The van der Waals surface area contributed by atoms with E-state index in [0.717, 1.165) is 31.7 Å². The van der Waals surface area contributed by atoms with Crippen molar-refractivity contribution >= 4 is 0 Å². The van der Waals surface area contributed by atoms with E-state index in [1.54, 1.807) is 12.1 Å². The highest BCUT2D eigenvalue weighted by atomic mass is 19.1. The van der Waals surface area contributed by atoms with Crippen LogP contribution in [0.3, 0.4) is 0 Å². The van der Waals surface area contributed by atoms with E-state index in [1.165, 1.54) is 24.0 Å². The molecule has 0 spiro atoms. The summed E-state index contributed by atoms with van der Waals surface area (Å²) in [4.78, 5) is 2.52. The van der Waals surface area contributed by atoms with E-state index >= 15 is 0 Å². The lowest BCUT2D eigenvalue weighted by molar-refractivity contribution is 0.190. The average molecular weight is 312 g/mol. The van der Waals surface area contributed by atoms with E-state index in [1.807, 2.05) is 13.0 Å². The van der Waals surface area contributed by atoms with E-state index in [2.05, 4.69) is 40.5 Å². The lowest BCUT2D eigenvalue weighted by atomic mass is 10.0. The van der Waals surface area contributed by atoms with E-state index in [4.69, 9.17) is 0 Å². The van der Waals surface area contributed by atoms with Crippen molar-refractivity contribution in [3.63, 3.8) is 0 Å². The highest BCUT2D eigenvalue weighted by Gasteiger charge is 2.18. The minimum atomic E-state index is -0.152. The molecule has 3 rings (SSSR count). The van der Waals surface area contributed by atoms with Gasteiger partial charge in [0.2, 0.25) is 0 Å². The summed E-state index contributed by atoms with van der Waals surface area (Å²) in [6.45, 7) is 6.12. The third-order valence-corrected chi connectivity index (χ3v) is 4.72. The number of hydrogen-bond donors (Lipinski definition) is 1. The summed E-state index contributed by atoms with van der Waals surface area (Å²) in [6, 6.07) is 16.3. The van der Waals surface area contributed by atoms with E-state index in [9.17, 15) is 4.39 Å². The standard InChI is InChI=1S/C20H25FN2/c1-16-13-19(21)8-7-18(16)14-22-20-9-11-23(12-10-20)15-17-5-3-2-4-6-17/h2-8,13,20,22H,9-12,14-15H2,1H3. The van der Waals surface area contributed by atoms with Gasteiger partial charge < -0.3 is 5.32 Å². The summed E-state index contributed by atoms with van der Waals surface area (Å²) < 4.78 is 13.1. The van der Waals surface area contributed by atoms with Gasteiger partial charge in [-0.05, 0) is 61.7 Å². The van der Waals surface area contributed by atoms with E-state index in [-0.39, 0.29) is 5.82 Å². The van der Waals surface area contributed by atoms with Crippen molar-refractivity contribution in [2.75, 3.05) is 13.1 Å². The van der Waals surface area contributed by atoms with Crippen molar-refractivity contribution < 1.29 is 4.39 Å². The van der Waals surface area contributed by atoms with Gasteiger partial charge in [0.15, 0.2) is 0 Å². The first-order valence-corrected chi connectivity index (χ1v) is 8.45. The smallest absolute Gasteiger partial charge is 0.123 e. The average Bonchev–Trinajstić information content (AvgIpc) is 2.56. The number of piperidine rings is 1. The Bertz CT molecular complexity index is 619. The van der Waals surface area contributed by atoms with Gasteiger partial charge >= 0.3 is 0 Å². The fourth-order valence-electron chi connectivity index (χ4n) is 3.25. The number of nitrogens with one attached hydrogen (secondary N) is 1. The van der Waals surface area contributed by atoms with E-state index in [0.29, 0.717) is 6.04 Å². The largest absolute Gasteiger partial charge is 0.310 e. The normalized spacial score (nSPS) is 16.6. The molecule has 0 unspecified atom stereocenters. The van der Waals surface area contributed by atoms with Gasteiger partial charge in [-0.3, -0.25) is 4.90 Å². The van der Waals surface area contributed by atoms with Crippen LogP contribution in [0.2, 0.25) is 0 Å². The maximum Gasteiger partial charge on any atom is 0.123 e. The van der Waals surface area contributed by atoms with Gasteiger partial charge in [0, 0.05) is 19.1 Å². The molecular formula is C20H25FN2. The highest BCUT2D eigenvalue weighted by Crippen LogP contribution is 2.15. The second-order valence-corrected chi connectivity index (χ2v) is 6.49. The minimum absolute atomic E-state index is 0.152. The predicted octanol–water partition coefficient (Wildman–Crippen LogP) is 3.89. The van der Waals surface area contributed by atoms with Crippen molar-refractivity contribution in [1.82, 2.24) is 10.2 Å². The summed E-state index contributed by atoms with van der Waals surface area (Å²) in [5, 5.41) is 3.63. The molecule has 1 fully saturated rings. The van der Waals surface area contributed by atoms with Crippen LogP contribution in [0, 0.1) is 12.7 Å². The summed E-state index contributed by atoms with van der Waals surface area (Å²) in [6.07, 6.45) is 2.35. The second kappa shape index (κ2) is 7.71. The third kappa shape index (κ3) is 4.63. The molecule has 1 heterocycles. The van der Waals surface area contributed by atoms with Gasteiger partial charge in [-0.25, -0.2) is 4.39 Å². The van der Waals surface area contributed by atoms with Crippen LogP contribution in [0.25, 0.3) is 0 Å². The molecule has 2 aromatic carbocycles. The highest BCUT2D eigenvalue weighted by molar-refractivity contribution is 5.26. The first-order chi connectivity index (χ1) is 11.2. The molecule has 2 nitrogen and oxygen atoms in total. The first kappa shape index (κ1) is 16.2. The molecule has 1 aliphatic heterocycles. The summed E-state index contributed by atoms with van der Waals surface area (Å²) in [5.41, 5.74) is 3.61. The van der Waals surface area contributed by atoms with Crippen LogP contribution in [0.15, 0.2) is 48.5 Å². The minimum Gasteiger partial charge on any atom is -0.310 e. The van der Waals surface area contributed by atoms with Crippen molar-refractivity contribution in [2.45, 2.75) is 38.9 Å². The fraction of sp³-hybridized carbons (Fsp3) is 0.400. The molecule has 0 bridgehead atoms. The van der Waals surface area contributed by atoms with Gasteiger partial charge in [0.05, 0.1) is 0 Å². The monoisotopic (exact) mass is 312 g/mol. The molecule has 0 atom stereocenters. The van der Waals surface area contributed by atoms with Gasteiger partial charge in [0.1, 0.15) is 5.82 Å². The van der Waals surface area contributed by atoms with Gasteiger partial charge in [-0.2, -0.15) is 0 Å². The van der Waals surface area contributed by atoms with Crippen LogP contribution in [-0.2, 0) is 13.1 Å². The van der Waals surface area contributed by atoms with Crippen LogP contribution in [0.4, 0.5) is 4.39 Å². The zero-order valence-corrected chi connectivity index (χ0v) is 13.8. The number of benzene rings is 2. The molecule has 1 saturated heterocycles. The van der Waals surface area contributed by atoms with Crippen LogP contribution in [0.5, 0.6) is 0 Å². The summed E-state index contributed by atoms with van der Waals surface area (Å²) in [7, 11) is 0. The number of nitrogens with zero attached hydrogens (tertiary/aromatic N) is 1. The third-order valence-electron chi connectivity index (χ3n) is 4.72. The molecule has 1 N–H and O–H groups in total. The topological polar surface area (TPSA) is 15.3 Å². The van der Waals surface area contributed by atoms with Crippen molar-refractivity contribution in [1.29, 1.82) is 0 Å². The van der Waals surface area contributed by atoms with Crippen LogP contribution < -0.4 is 5.32 Å². The maximum atomic E-state index is 13.1. The molecule has 0 amide bonds. The Hall–Kier alpha value is -1.71. The maximum absolute atomic E-state index is 13.1. The lowest BCUT2D eigenvalue weighted by Crippen LogP contribution is -2.41. The Kier molecular flexibility index (Phi) is 5.42. The Morgan fingerprint density at radius 1 is 1.09 bits per heavy atom. The second-order valence-electron chi connectivity index (χ2n) is 6.49. The number of hydrogen-bond acceptors (Lipinski definition) is 2. The van der Waals surface area contributed by atoms with Crippen LogP contribution in [-0.4, -0.2) is 24.0 Å². The van der Waals surface area contributed by atoms with Crippen molar-refractivity contribution in [3.8, 4) is 0 Å². The van der Waals surface area contributed by atoms with Gasteiger partial charge in [-0.15, -0.1) is 0 Å². The molecule has 122 valence electrons. The number of likely N-dealkylation sites (tertiary alicyclic amines) is 1. The quantitative estimate of drug-likeness (QED) is 0.901. The Morgan fingerprint density at radius 2 is 1.83 bits per heavy atom. The van der Waals surface area contributed by atoms with Gasteiger partial charge in [-0.1, -0.05) is 36.4 Å². The summed E-state index contributed by atoms with van der Waals surface area (Å²) in [5.74, 6) is -0.152. The molecule has 3 heteroatoms. The predicted molar refractivity (Wildman–Crippen MR) is 92.7 cm³/mol. The molecule has 2 aromatic rings. The first-order valence-electron chi connectivity index (χ1n) is 8.45. The Morgan fingerprint density at radius 3 is 2.52 bits per heavy atom. The molecule has 0 aliphatic carbocycles. The number of aryl methyl sites for hydroxylation is 1. The van der Waals surface area contributed by atoms with Crippen LogP contribution >= 0.6 is 0 Å². The molecule has 23 heavy (non-hydrogen) atoms. The number of halogens is 1. The fourth-order valence-corrected chi connectivity index (χ4v) is 3.25. The molecule has 0 saturated carbocycles. The van der Waals surface area contributed by atoms with Gasteiger partial charge in [0.25, 0.3) is 0 Å². The molecule has 0 aromatic heterocycles. The molecular weight excluding hydrogens is 287 g/mol. The van der Waals surface area contributed by atoms with Crippen LogP contribution in [0.1, 0.15) is 29.5 Å². The zero-order chi connectivity index (χ0) is 16.1. The Balaban J connectivity index is 1.44. The van der Waals surface area contributed by atoms with Crippen molar-refractivity contribution in [3.05, 3.63) is 71.0 Å². The molecule has 0 radical (unpaired) electrons. The Labute approximate surface area is 138 Å². The summed E-state index contributed by atoms with van der Waals surface area (Å²) >= 11 is 0. The van der Waals surface area contributed by atoms with E-state index < -0.39 is 0 Å². The van der Waals surface area contributed by atoms with Crippen molar-refractivity contribution in [2.24, 2.45) is 0 Å².